The van der Waals surface area contributed by atoms with Crippen molar-refractivity contribution in [2.24, 2.45) is 5.11 Å². The first kappa shape index (κ1) is 9.89. The Morgan fingerprint density at radius 3 is 3.00 bits per heavy atom. The van der Waals surface area contributed by atoms with Gasteiger partial charge in [-0.15, -0.1) is 0 Å². The van der Waals surface area contributed by atoms with Crippen molar-refractivity contribution in [2.75, 3.05) is 7.11 Å². The first-order chi connectivity index (χ1) is 6.29. The number of ether oxygens (including phenoxy) is 1. The zero-order valence-electron chi connectivity index (χ0n) is 7.07. The number of para-hydroxylation sites is 1. The predicted octanol–water partition coefficient (Wildman–Crippen LogP) is 3.27. The fourth-order valence-electron chi connectivity index (χ4n) is 1.01. The molecule has 0 aliphatic rings. The van der Waals surface area contributed by atoms with Gasteiger partial charge < -0.3 is 4.74 Å². The van der Waals surface area contributed by atoms with Crippen molar-refractivity contribution in [3.8, 4) is 5.75 Å². The second-order valence-electron chi connectivity index (χ2n) is 2.32. The molecule has 1 aromatic carbocycles. The number of rotatable bonds is 3. The van der Waals surface area contributed by atoms with Crippen molar-refractivity contribution in [1.82, 2.24) is 0 Å². The first-order valence-electron chi connectivity index (χ1n) is 3.62. The number of benzene rings is 1. The molecule has 0 bridgehead atoms. The minimum Gasteiger partial charge on any atom is -0.495 e. The quantitative estimate of drug-likeness (QED) is 0.455. The third kappa shape index (κ3) is 2.37. The Hall–Kier alpha value is -1.19. The number of nitrogens with zero attached hydrogens (tertiary/aromatic N) is 3. The Balaban J connectivity index is 3.04. The monoisotopic (exact) mass is 241 g/mol. The highest BCUT2D eigenvalue weighted by molar-refractivity contribution is 9.10. The van der Waals surface area contributed by atoms with Gasteiger partial charge in [-0.1, -0.05) is 17.2 Å². The lowest BCUT2D eigenvalue weighted by atomic mass is 10.2. The minimum atomic E-state index is 0.305. The third-order valence-electron chi connectivity index (χ3n) is 1.56. The molecule has 0 fully saturated rings. The van der Waals surface area contributed by atoms with E-state index >= 15 is 0 Å². The molecule has 0 saturated carbocycles. The van der Waals surface area contributed by atoms with E-state index in [-0.39, 0.29) is 0 Å². The van der Waals surface area contributed by atoms with Crippen LogP contribution in [0.2, 0.25) is 0 Å². The Morgan fingerprint density at radius 2 is 2.38 bits per heavy atom. The molecule has 0 aliphatic heterocycles. The molecule has 4 nitrogen and oxygen atoms in total. The number of hydrogen-bond acceptors (Lipinski definition) is 2. The summed E-state index contributed by atoms with van der Waals surface area (Å²) >= 11 is 3.34. The zero-order valence-corrected chi connectivity index (χ0v) is 8.65. The molecule has 0 atom stereocenters. The highest BCUT2D eigenvalue weighted by Gasteiger charge is 2.04. The van der Waals surface area contributed by atoms with Gasteiger partial charge in [-0.3, -0.25) is 0 Å². The normalized spacial score (nSPS) is 9.08. The van der Waals surface area contributed by atoms with Crippen LogP contribution in [0, 0.1) is 0 Å². The third-order valence-corrected chi connectivity index (χ3v) is 2.18. The summed E-state index contributed by atoms with van der Waals surface area (Å²) in [5.41, 5.74) is 9.04. The van der Waals surface area contributed by atoms with E-state index in [2.05, 4.69) is 26.0 Å². The maximum Gasteiger partial charge on any atom is 0.136 e. The van der Waals surface area contributed by atoms with Crippen molar-refractivity contribution in [1.29, 1.82) is 0 Å². The maximum absolute atomic E-state index is 8.17. The van der Waals surface area contributed by atoms with Crippen LogP contribution in [0.5, 0.6) is 5.75 Å². The average molecular weight is 242 g/mol. The molecular weight excluding hydrogens is 234 g/mol. The van der Waals surface area contributed by atoms with Crippen LogP contribution in [0.15, 0.2) is 27.8 Å². The number of azide groups is 1. The van der Waals surface area contributed by atoms with Crippen LogP contribution < -0.4 is 4.74 Å². The van der Waals surface area contributed by atoms with Gasteiger partial charge in [0.2, 0.25) is 0 Å². The van der Waals surface area contributed by atoms with Crippen molar-refractivity contribution in [2.45, 2.75) is 6.54 Å². The van der Waals surface area contributed by atoms with Gasteiger partial charge in [-0.25, -0.2) is 0 Å². The largest absolute Gasteiger partial charge is 0.495 e. The van der Waals surface area contributed by atoms with Crippen molar-refractivity contribution in [3.05, 3.63) is 38.7 Å². The second-order valence-corrected chi connectivity index (χ2v) is 3.18. The highest BCUT2D eigenvalue weighted by Crippen LogP contribution is 2.28. The fraction of sp³-hybridized carbons (Fsp3) is 0.250. The van der Waals surface area contributed by atoms with E-state index in [4.69, 9.17) is 10.3 Å². The summed E-state index contributed by atoms with van der Waals surface area (Å²) in [6.07, 6.45) is 0. The Labute approximate surface area is 84.3 Å². The zero-order chi connectivity index (χ0) is 9.68. The van der Waals surface area contributed by atoms with E-state index in [0.29, 0.717) is 6.54 Å². The fourth-order valence-corrected chi connectivity index (χ4v) is 1.58. The van der Waals surface area contributed by atoms with E-state index < -0.39 is 0 Å². The molecule has 0 radical (unpaired) electrons. The van der Waals surface area contributed by atoms with Crippen LogP contribution in [0.25, 0.3) is 10.4 Å². The molecule has 0 unspecified atom stereocenters. The van der Waals surface area contributed by atoms with Crippen molar-refractivity contribution >= 4 is 15.9 Å². The number of halogens is 1. The summed E-state index contributed by atoms with van der Waals surface area (Å²) in [6.45, 7) is 0.305. The molecule has 0 N–H and O–H groups in total. The minimum absolute atomic E-state index is 0.305. The molecule has 0 heterocycles. The van der Waals surface area contributed by atoms with E-state index in [0.717, 1.165) is 15.8 Å². The Morgan fingerprint density at radius 1 is 1.62 bits per heavy atom. The van der Waals surface area contributed by atoms with Gasteiger partial charge in [0.05, 0.1) is 18.1 Å². The molecule has 1 rings (SSSR count). The molecular formula is C8H8BrN3O. The predicted molar refractivity (Wildman–Crippen MR) is 53.5 cm³/mol. The highest BCUT2D eigenvalue weighted by atomic mass is 79.9. The maximum atomic E-state index is 8.17. The molecule has 13 heavy (non-hydrogen) atoms. The number of methoxy groups -OCH3 is 1. The van der Waals surface area contributed by atoms with Crippen molar-refractivity contribution in [3.63, 3.8) is 0 Å². The van der Waals surface area contributed by atoms with Crippen molar-refractivity contribution < 1.29 is 4.74 Å². The molecule has 68 valence electrons. The summed E-state index contributed by atoms with van der Waals surface area (Å²) in [5.74, 6) is 0.718. The lowest BCUT2D eigenvalue weighted by molar-refractivity contribution is 0.407. The summed E-state index contributed by atoms with van der Waals surface area (Å²) < 4.78 is 6.00. The van der Waals surface area contributed by atoms with E-state index in [9.17, 15) is 0 Å². The molecule has 0 spiro atoms. The molecule has 0 saturated heterocycles. The van der Waals surface area contributed by atoms with Crippen LogP contribution in [-0.2, 0) is 6.54 Å². The van der Waals surface area contributed by atoms with E-state index in [1.54, 1.807) is 7.11 Å². The molecule has 0 aliphatic carbocycles. The summed E-state index contributed by atoms with van der Waals surface area (Å²) in [7, 11) is 1.58. The first-order valence-corrected chi connectivity index (χ1v) is 4.41. The van der Waals surface area contributed by atoms with Gasteiger partial charge in [0.1, 0.15) is 5.75 Å². The van der Waals surface area contributed by atoms with Crippen LogP contribution in [0.1, 0.15) is 5.56 Å². The Kier molecular flexibility index (Phi) is 3.61. The summed E-state index contributed by atoms with van der Waals surface area (Å²) in [5, 5.41) is 3.47. The second kappa shape index (κ2) is 4.74. The van der Waals surface area contributed by atoms with Crippen LogP contribution in [-0.4, -0.2) is 7.11 Å². The van der Waals surface area contributed by atoms with Gasteiger partial charge in [0.25, 0.3) is 0 Å². The van der Waals surface area contributed by atoms with Gasteiger partial charge in [-0.2, -0.15) is 0 Å². The van der Waals surface area contributed by atoms with Gasteiger partial charge in [-0.05, 0) is 27.5 Å². The Bertz CT molecular complexity index is 347. The molecule has 0 aromatic heterocycles. The summed E-state index contributed by atoms with van der Waals surface area (Å²) in [6, 6.07) is 5.60. The van der Waals surface area contributed by atoms with E-state index in [1.807, 2.05) is 18.2 Å². The lowest BCUT2D eigenvalue weighted by Crippen LogP contribution is -1.91. The summed E-state index contributed by atoms with van der Waals surface area (Å²) in [4.78, 5) is 2.69. The van der Waals surface area contributed by atoms with Gasteiger partial charge in [0, 0.05) is 10.5 Å². The van der Waals surface area contributed by atoms with Crippen LogP contribution >= 0.6 is 15.9 Å². The number of hydrogen-bond donors (Lipinski definition) is 0. The molecule has 1 aromatic rings. The SMILES string of the molecule is COc1c(Br)cccc1CN=[N+]=[N-]. The average Bonchev–Trinajstić information content (AvgIpc) is 2.15. The van der Waals surface area contributed by atoms with Crippen LogP contribution in [0.3, 0.4) is 0 Å². The molecule has 5 heteroatoms. The standard InChI is InChI=1S/C8H8BrN3O/c1-13-8-6(5-11-12-10)3-2-4-7(8)9/h2-4H,5H2,1H3. The topological polar surface area (TPSA) is 58.0 Å². The van der Waals surface area contributed by atoms with Gasteiger partial charge in [0.15, 0.2) is 0 Å². The molecule has 0 amide bonds. The van der Waals surface area contributed by atoms with Crippen LogP contribution in [0.4, 0.5) is 0 Å². The lowest BCUT2D eigenvalue weighted by Gasteiger charge is -2.07. The van der Waals surface area contributed by atoms with Gasteiger partial charge >= 0.3 is 0 Å². The van der Waals surface area contributed by atoms with E-state index in [1.165, 1.54) is 0 Å². The smallest absolute Gasteiger partial charge is 0.136 e.